The molecule has 0 aliphatic carbocycles. The van der Waals surface area contributed by atoms with Gasteiger partial charge in [0.25, 0.3) is 0 Å². The molecule has 0 bridgehead atoms. The Bertz CT molecular complexity index is 325. The lowest BCUT2D eigenvalue weighted by molar-refractivity contribution is 0.381. The minimum absolute atomic E-state index is 0.327. The highest BCUT2D eigenvalue weighted by Gasteiger charge is 2.17. The summed E-state index contributed by atoms with van der Waals surface area (Å²) in [6, 6.07) is 6.48. The van der Waals surface area contributed by atoms with Crippen molar-refractivity contribution >= 4 is 15.9 Å². The molecule has 0 aromatic heterocycles. The smallest absolute Gasteiger partial charge is 0.124 e. The van der Waals surface area contributed by atoms with Crippen molar-refractivity contribution in [1.82, 2.24) is 5.32 Å². The van der Waals surface area contributed by atoms with Crippen molar-refractivity contribution in [3.05, 3.63) is 28.2 Å². The lowest BCUT2D eigenvalue weighted by Crippen LogP contribution is -2.22. The summed E-state index contributed by atoms with van der Waals surface area (Å²) in [4.78, 5) is 0. The average Bonchev–Trinajstić information content (AvgIpc) is 2.20. The van der Waals surface area contributed by atoms with Crippen molar-refractivity contribution in [2.24, 2.45) is 5.92 Å². The third-order valence-corrected chi connectivity index (χ3v) is 3.00. The van der Waals surface area contributed by atoms with Crippen LogP contribution in [0.3, 0.4) is 0 Å². The van der Waals surface area contributed by atoms with Gasteiger partial charge in [-0.25, -0.2) is 0 Å². The summed E-state index contributed by atoms with van der Waals surface area (Å²) < 4.78 is 6.43. The van der Waals surface area contributed by atoms with Crippen molar-refractivity contribution < 1.29 is 4.74 Å². The van der Waals surface area contributed by atoms with Crippen LogP contribution in [0, 0.1) is 5.92 Å². The maximum atomic E-state index is 5.39. The Balaban J connectivity index is 3.11. The van der Waals surface area contributed by atoms with E-state index in [-0.39, 0.29) is 0 Å². The van der Waals surface area contributed by atoms with E-state index in [1.807, 2.05) is 19.2 Å². The zero-order valence-electron chi connectivity index (χ0n) is 9.67. The van der Waals surface area contributed by atoms with E-state index in [0.717, 1.165) is 10.2 Å². The van der Waals surface area contributed by atoms with Gasteiger partial charge in [0.15, 0.2) is 0 Å². The van der Waals surface area contributed by atoms with E-state index in [9.17, 15) is 0 Å². The average molecular weight is 272 g/mol. The molecule has 0 radical (unpaired) electrons. The first-order valence-electron chi connectivity index (χ1n) is 5.10. The van der Waals surface area contributed by atoms with Crippen LogP contribution in [-0.2, 0) is 0 Å². The van der Waals surface area contributed by atoms with Crippen LogP contribution >= 0.6 is 15.9 Å². The van der Waals surface area contributed by atoms with Gasteiger partial charge < -0.3 is 10.1 Å². The second kappa shape index (κ2) is 5.52. The van der Waals surface area contributed by atoms with Crippen molar-refractivity contribution in [1.29, 1.82) is 0 Å². The molecule has 2 nitrogen and oxygen atoms in total. The first-order chi connectivity index (χ1) is 7.10. The van der Waals surface area contributed by atoms with E-state index < -0.39 is 0 Å². The van der Waals surface area contributed by atoms with Crippen LogP contribution in [0.1, 0.15) is 25.5 Å². The summed E-state index contributed by atoms with van der Waals surface area (Å²) in [5, 5.41) is 3.32. The fraction of sp³-hybridized carbons (Fsp3) is 0.500. The van der Waals surface area contributed by atoms with E-state index >= 15 is 0 Å². The molecule has 1 unspecified atom stereocenters. The Labute approximate surface area is 100 Å². The SMILES string of the molecule is CNC(c1ccc(Br)cc1OC)C(C)C. The molecule has 1 N–H and O–H groups in total. The normalized spacial score (nSPS) is 12.9. The predicted octanol–water partition coefficient (Wildman–Crippen LogP) is 3.37. The summed E-state index contributed by atoms with van der Waals surface area (Å²) in [6.07, 6.45) is 0. The predicted molar refractivity (Wildman–Crippen MR) is 67.3 cm³/mol. The molecule has 0 saturated carbocycles. The van der Waals surface area contributed by atoms with Crippen LogP contribution in [0.25, 0.3) is 0 Å². The van der Waals surface area contributed by atoms with E-state index in [2.05, 4.69) is 41.2 Å². The first-order valence-corrected chi connectivity index (χ1v) is 5.90. The summed E-state index contributed by atoms with van der Waals surface area (Å²) in [7, 11) is 3.68. The van der Waals surface area contributed by atoms with Crippen LogP contribution in [0.2, 0.25) is 0 Å². The summed E-state index contributed by atoms with van der Waals surface area (Å²) in [5.74, 6) is 1.46. The molecule has 3 heteroatoms. The Morgan fingerprint density at radius 3 is 2.47 bits per heavy atom. The van der Waals surface area contributed by atoms with Gasteiger partial charge in [-0.2, -0.15) is 0 Å². The fourth-order valence-electron chi connectivity index (χ4n) is 1.79. The van der Waals surface area contributed by atoms with Crippen molar-refractivity contribution in [2.45, 2.75) is 19.9 Å². The van der Waals surface area contributed by atoms with Gasteiger partial charge in [-0.05, 0) is 25.1 Å². The van der Waals surface area contributed by atoms with Crippen LogP contribution in [0.4, 0.5) is 0 Å². The number of halogens is 1. The van der Waals surface area contributed by atoms with E-state index in [1.165, 1.54) is 5.56 Å². The van der Waals surface area contributed by atoms with E-state index in [1.54, 1.807) is 7.11 Å². The molecule has 1 rings (SSSR count). The fourth-order valence-corrected chi connectivity index (χ4v) is 2.13. The summed E-state index contributed by atoms with van der Waals surface area (Å²) in [5.41, 5.74) is 1.21. The molecule has 15 heavy (non-hydrogen) atoms. The third-order valence-electron chi connectivity index (χ3n) is 2.51. The number of hydrogen-bond acceptors (Lipinski definition) is 2. The van der Waals surface area contributed by atoms with Crippen molar-refractivity contribution in [3.63, 3.8) is 0 Å². The van der Waals surface area contributed by atoms with Gasteiger partial charge in [-0.3, -0.25) is 0 Å². The number of hydrogen-bond donors (Lipinski definition) is 1. The first kappa shape index (κ1) is 12.5. The lowest BCUT2D eigenvalue weighted by Gasteiger charge is -2.22. The van der Waals surface area contributed by atoms with Crippen LogP contribution < -0.4 is 10.1 Å². The maximum absolute atomic E-state index is 5.39. The second-order valence-corrected chi connectivity index (χ2v) is 4.81. The molecule has 0 saturated heterocycles. The quantitative estimate of drug-likeness (QED) is 0.907. The van der Waals surface area contributed by atoms with Gasteiger partial charge in [-0.15, -0.1) is 0 Å². The molecule has 0 heterocycles. The van der Waals surface area contributed by atoms with Gasteiger partial charge >= 0.3 is 0 Å². The highest BCUT2D eigenvalue weighted by Crippen LogP contribution is 2.31. The summed E-state index contributed by atoms with van der Waals surface area (Å²) >= 11 is 3.44. The van der Waals surface area contributed by atoms with Gasteiger partial charge in [0.05, 0.1) is 7.11 Å². The Kier molecular flexibility index (Phi) is 4.61. The lowest BCUT2D eigenvalue weighted by atomic mass is 9.95. The number of benzene rings is 1. The Morgan fingerprint density at radius 1 is 1.33 bits per heavy atom. The monoisotopic (exact) mass is 271 g/mol. The topological polar surface area (TPSA) is 21.3 Å². The molecular weight excluding hydrogens is 254 g/mol. The Morgan fingerprint density at radius 2 is 2.00 bits per heavy atom. The third kappa shape index (κ3) is 2.95. The minimum atomic E-state index is 0.327. The van der Waals surface area contributed by atoms with E-state index in [4.69, 9.17) is 4.74 Å². The Hall–Kier alpha value is -0.540. The van der Waals surface area contributed by atoms with E-state index in [0.29, 0.717) is 12.0 Å². The highest BCUT2D eigenvalue weighted by molar-refractivity contribution is 9.10. The molecule has 0 fully saturated rings. The number of nitrogens with one attached hydrogen (secondary N) is 1. The molecular formula is C12H18BrNO. The minimum Gasteiger partial charge on any atom is -0.496 e. The second-order valence-electron chi connectivity index (χ2n) is 3.90. The van der Waals surface area contributed by atoms with Crippen LogP contribution in [-0.4, -0.2) is 14.2 Å². The standard InChI is InChI=1S/C12H18BrNO/c1-8(2)12(14-3)10-6-5-9(13)7-11(10)15-4/h5-8,12,14H,1-4H3. The zero-order valence-corrected chi connectivity index (χ0v) is 11.3. The van der Waals surface area contributed by atoms with Gasteiger partial charge in [0.1, 0.15) is 5.75 Å². The zero-order chi connectivity index (χ0) is 11.4. The van der Waals surface area contributed by atoms with Crippen LogP contribution in [0.15, 0.2) is 22.7 Å². The van der Waals surface area contributed by atoms with Gasteiger partial charge in [0.2, 0.25) is 0 Å². The summed E-state index contributed by atoms with van der Waals surface area (Å²) in [6.45, 7) is 4.39. The molecule has 1 atom stereocenters. The largest absolute Gasteiger partial charge is 0.496 e. The number of ether oxygens (including phenoxy) is 1. The number of methoxy groups -OCH3 is 1. The van der Waals surface area contributed by atoms with Crippen molar-refractivity contribution in [3.8, 4) is 5.75 Å². The molecule has 0 aliphatic rings. The van der Waals surface area contributed by atoms with Gasteiger partial charge in [-0.1, -0.05) is 35.8 Å². The molecule has 0 amide bonds. The molecule has 0 spiro atoms. The van der Waals surface area contributed by atoms with Crippen molar-refractivity contribution in [2.75, 3.05) is 14.2 Å². The molecule has 1 aromatic rings. The van der Waals surface area contributed by atoms with Gasteiger partial charge in [0, 0.05) is 16.1 Å². The molecule has 1 aromatic carbocycles. The molecule has 0 aliphatic heterocycles. The highest BCUT2D eigenvalue weighted by atomic mass is 79.9. The maximum Gasteiger partial charge on any atom is 0.124 e. The van der Waals surface area contributed by atoms with Crippen LogP contribution in [0.5, 0.6) is 5.75 Å². The molecule has 84 valence electrons. The number of rotatable bonds is 4.